The lowest BCUT2D eigenvalue weighted by Crippen LogP contribution is -2.51. The van der Waals surface area contributed by atoms with Crippen LogP contribution < -0.4 is 10.1 Å². The van der Waals surface area contributed by atoms with E-state index < -0.39 is 0 Å². The zero-order chi connectivity index (χ0) is 12.8. The minimum absolute atomic E-state index is 0.0321. The Bertz CT molecular complexity index is 370. The predicted octanol–water partition coefficient (Wildman–Crippen LogP) is 0.471. The fourth-order valence-corrected chi connectivity index (χ4v) is 2.07. The number of nitrogens with one attached hydrogen (secondary N) is 1. The normalized spacial score (nSPS) is 18.6. The maximum atomic E-state index is 13.0. The van der Waals surface area contributed by atoms with Crippen LogP contribution in [0.3, 0.4) is 0 Å². The molecule has 18 heavy (non-hydrogen) atoms. The van der Waals surface area contributed by atoms with Crippen LogP contribution in [0.1, 0.15) is 0 Å². The second-order valence-corrected chi connectivity index (χ2v) is 4.39. The summed E-state index contributed by atoms with van der Waals surface area (Å²) < 4.78 is 18.5. The second kappa shape index (κ2) is 6.68. The molecule has 1 fully saturated rings. The van der Waals surface area contributed by atoms with Crippen LogP contribution in [0.4, 0.5) is 4.39 Å². The summed E-state index contributed by atoms with van der Waals surface area (Å²) in [6.07, 6.45) is 0. The van der Waals surface area contributed by atoms with Gasteiger partial charge in [0.25, 0.3) is 0 Å². The number of hydrogen-bond acceptors (Lipinski definition) is 4. The van der Waals surface area contributed by atoms with E-state index >= 15 is 0 Å². The lowest BCUT2D eigenvalue weighted by Gasteiger charge is -2.33. The summed E-state index contributed by atoms with van der Waals surface area (Å²) in [5, 5.41) is 12.7. The Balaban J connectivity index is 1.86. The molecule has 5 heteroatoms. The van der Waals surface area contributed by atoms with Gasteiger partial charge in [-0.05, 0) is 12.1 Å². The fourth-order valence-electron chi connectivity index (χ4n) is 2.07. The van der Waals surface area contributed by atoms with Crippen LogP contribution in [-0.2, 0) is 0 Å². The van der Waals surface area contributed by atoms with Gasteiger partial charge < -0.3 is 15.2 Å². The van der Waals surface area contributed by atoms with Crippen molar-refractivity contribution >= 4 is 0 Å². The van der Waals surface area contributed by atoms with Crippen LogP contribution in [0, 0.1) is 5.82 Å². The molecule has 0 saturated carbocycles. The van der Waals surface area contributed by atoms with E-state index in [1.165, 1.54) is 12.1 Å². The van der Waals surface area contributed by atoms with Crippen molar-refractivity contribution in [1.29, 1.82) is 0 Å². The molecule has 2 rings (SSSR count). The number of piperazine rings is 1. The Morgan fingerprint density at radius 1 is 1.39 bits per heavy atom. The van der Waals surface area contributed by atoms with Crippen LogP contribution in [0.25, 0.3) is 0 Å². The van der Waals surface area contributed by atoms with Crippen molar-refractivity contribution in [3.05, 3.63) is 30.1 Å². The Morgan fingerprint density at radius 3 is 2.83 bits per heavy atom. The first-order valence-corrected chi connectivity index (χ1v) is 6.23. The average Bonchev–Trinajstić information content (AvgIpc) is 2.41. The summed E-state index contributed by atoms with van der Waals surface area (Å²) in [7, 11) is 0. The standard InChI is InChI=1S/C13H19FN2O2/c14-11-2-1-3-13(8-11)18-10-12(9-17)16-6-4-15-5-7-16/h1-3,8,12,15,17H,4-7,9-10H2. The molecule has 4 nitrogen and oxygen atoms in total. The minimum atomic E-state index is -0.310. The SMILES string of the molecule is OCC(COc1cccc(F)c1)N1CCNCC1. The summed E-state index contributed by atoms with van der Waals surface area (Å²) in [6, 6.07) is 6.03. The highest BCUT2D eigenvalue weighted by Crippen LogP contribution is 2.13. The van der Waals surface area contributed by atoms with Crippen molar-refractivity contribution < 1.29 is 14.2 Å². The Kier molecular flexibility index (Phi) is 4.92. The molecule has 1 aliphatic heterocycles. The Morgan fingerprint density at radius 2 is 2.17 bits per heavy atom. The monoisotopic (exact) mass is 254 g/mol. The molecule has 0 aliphatic carbocycles. The number of nitrogens with zero attached hydrogens (tertiary/aromatic N) is 1. The zero-order valence-corrected chi connectivity index (χ0v) is 10.3. The first-order valence-electron chi connectivity index (χ1n) is 6.23. The molecule has 1 saturated heterocycles. The predicted molar refractivity (Wildman–Crippen MR) is 67.2 cm³/mol. The maximum absolute atomic E-state index is 13.0. The fraction of sp³-hybridized carbons (Fsp3) is 0.538. The molecule has 1 aromatic rings. The summed E-state index contributed by atoms with van der Waals surface area (Å²) in [6.45, 7) is 4.08. The molecule has 1 aromatic carbocycles. The number of hydrogen-bond donors (Lipinski definition) is 2. The minimum Gasteiger partial charge on any atom is -0.492 e. The highest BCUT2D eigenvalue weighted by Gasteiger charge is 2.20. The van der Waals surface area contributed by atoms with Gasteiger partial charge in [0, 0.05) is 32.2 Å². The van der Waals surface area contributed by atoms with Gasteiger partial charge in [-0.3, -0.25) is 4.90 Å². The first-order chi connectivity index (χ1) is 8.79. The Hall–Kier alpha value is -1.17. The van der Waals surface area contributed by atoms with Crippen molar-refractivity contribution in [1.82, 2.24) is 10.2 Å². The smallest absolute Gasteiger partial charge is 0.126 e. The molecule has 1 heterocycles. The van der Waals surface area contributed by atoms with Gasteiger partial charge in [-0.1, -0.05) is 6.07 Å². The van der Waals surface area contributed by atoms with Gasteiger partial charge in [-0.2, -0.15) is 0 Å². The van der Waals surface area contributed by atoms with E-state index in [1.54, 1.807) is 12.1 Å². The summed E-state index contributed by atoms with van der Waals surface area (Å²) in [4.78, 5) is 2.19. The van der Waals surface area contributed by atoms with Gasteiger partial charge in [-0.25, -0.2) is 4.39 Å². The van der Waals surface area contributed by atoms with Gasteiger partial charge in [-0.15, -0.1) is 0 Å². The molecule has 0 spiro atoms. The molecule has 0 bridgehead atoms. The van der Waals surface area contributed by atoms with Crippen molar-refractivity contribution in [3.63, 3.8) is 0 Å². The van der Waals surface area contributed by atoms with E-state index in [9.17, 15) is 9.50 Å². The number of halogens is 1. The largest absolute Gasteiger partial charge is 0.492 e. The third-order valence-corrected chi connectivity index (χ3v) is 3.12. The maximum Gasteiger partial charge on any atom is 0.126 e. The van der Waals surface area contributed by atoms with Crippen LogP contribution in [-0.4, -0.2) is 55.4 Å². The molecule has 1 atom stereocenters. The topological polar surface area (TPSA) is 44.7 Å². The summed E-state index contributed by atoms with van der Waals surface area (Å²) in [5.74, 6) is 0.193. The molecule has 1 unspecified atom stereocenters. The highest BCUT2D eigenvalue weighted by atomic mass is 19.1. The zero-order valence-electron chi connectivity index (χ0n) is 10.3. The number of benzene rings is 1. The lowest BCUT2D eigenvalue weighted by molar-refractivity contribution is 0.0734. The molecular formula is C13H19FN2O2. The van der Waals surface area contributed by atoms with Crippen LogP contribution >= 0.6 is 0 Å². The number of aliphatic hydroxyl groups excluding tert-OH is 1. The van der Waals surface area contributed by atoms with Crippen molar-refractivity contribution in [2.45, 2.75) is 6.04 Å². The number of ether oxygens (including phenoxy) is 1. The quantitative estimate of drug-likeness (QED) is 0.802. The Labute approximate surface area is 106 Å². The van der Waals surface area contributed by atoms with Gasteiger partial charge in [0.1, 0.15) is 18.2 Å². The molecule has 1 aliphatic rings. The van der Waals surface area contributed by atoms with Gasteiger partial charge in [0.05, 0.1) is 12.6 Å². The van der Waals surface area contributed by atoms with Crippen molar-refractivity contribution in [2.24, 2.45) is 0 Å². The molecular weight excluding hydrogens is 235 g/mol. The third-order valence-electron chi connectivity index (χ3n) is 3.12. The average molecular weight is 254 g/mol. The van der Waals surface area contributed by atoms with Crippen LogP contribution in [0.5, 0.6) is 5.75 Å². The third kappa shape index (κ3) is 3.66. The molecule has 100 valence electrons. The van der Waals surface area contributed by atoms with E-state index in [2.05, 4.69) is 10.2 Å². The summed E-state index contributed by atoms with van der Waals surface area (Å²) in [5.41, 5.74) is 0. The highest BCUT2D eigenvalue weighted by molar-refractivity contribution is 5.22. The van der Waals surface area contributed by atoms with E-state index in [-0.39, 0.29) is 18.5 Å². The van der Waals surface area contributed by atoms with Crippen molar-refractivity contribution in [3.8, 4) is 5.75 Å². The molecule has 0 aromatic heterocycles. The van der Waals surface area contributed by atoms with Gasteiger partial charge in [0.15, 0.2) is 0 Å². The first kappa shape index (κ1) is 13.3. The number of aliphatic hydroxyl groups is 1. The van der Waals surface area contributed by atoms with Crippen LogP contribution in [0.2, 0.25) is 0 Å². The van der Waals surface area contributed by atoms with E-state index in [4.69, 9.17) is 4.74 Å². The van der Waals surface area contributed by atoms with Crippen molar-refractivity contribution in [2.75, 3.05) is 39.4 Å². The lowest BCUT2D eigenvalue weighted by atomic mass is 10.2. The van der Waals surface area contributed by atoms with Gasteiger partial charge >= 0.3 is 0 Å². The van der Waals surface area contributed by atoms with E-state index in [0.717, 1.165) is 26.2 Å². The summed E-state index contributed by atoms with van der Waals surface area (Å²) >= 11 is 0. The van der Waals surface area contributed by atoms with E-state index in [0.29, 0.717) is 12.4 Å². The van der Waals surface area contributed by atoms with E-state index in [1.807, 2.05) is 0 Å². The second-order valence-electron chi connectivity index (χ2n) is 4.39. The van der Waals surface area contributed by atoms with Crippen LogP contribution in [0.15, 0.2) is 24.3 Å². The van der Waals surface area contributed by atoms with Gasteiger partial charge in [0.2, 0.25) is 0 Å². The molecule has 0 radical (unpaired) electrons. The molecule has 2 N–H and O–H groups in total. The number of rotatable bonds is 5. The molecule has 0 amide bonds.